The van der Waals surface area contributed by atoms with Gasteiger partial charge in [-0.15, -0.1) is 13.2 Å². The average molecular weight is 270 g/mol. The van der Waals surface area contributed by atoms with Gasteiger partial charge in [0.1, 0.15) is 5.75 Å². The average Bonchev–Trinajstić information content (AvgIpc) is 2.15. The Morgan fingerprint density at radius 2 is 2.00 bits per heavy atom. The van der Waals surface area contributed by atoms with Crippen LogP contribution in [0.3, 0.4) is 0 Å². The number of alkyl halides is 3. The van der Waals surface area contributed by atoms with Gasteiger partial charge in [0.15, 0.2) is 4.98 Å². The molecule has 0 atom stereocenters. The van der Waals surface area contributed by atoms with Crippen molar-refractivity contribution < 1.29 is 35.2 Å². The maximum Gasteiger partial charge on any atom is 0.573 e. The molecule has 1 aromatic carbocycles. The van der Waals surface area contributed by atoms with Crippen LogP contribution in [0.25, 0.3) is 4.98 Å². The van der Waals surface area contributed by atoms with E-state index in [9.17, 15) is 23.3 Å². The van der Waals surface area contributed by atoms with Crippen LogP contribution in [0.1, 0.15) is 0 Å². The van der Waals surface area contributed by atoms with Gasteiger partial charge in [-0.05, 0) is 6.07 Å². The van der Waals surface area contributed by atoms with Gasteiger partial charge in [-0.2, -0.15) is 0 Å². The van der Waals surface area contributed by atoms with Gasteiger partial charge in [0.25, 0.3) is 0 Å². The second-order valence-corrected chi connectivity index (χ2v) is 2.56. The molecule has 0 N–H and O–H groups in total. The van der Waals surface area contributed by atoms with Crippen molar-refractivity contribution in [1.29, 1.82) is 5.39 Å². The molecule has 0 aliphatic heterocycles. The number of rotatable bonds is 2. The van der Waals surface area contributed by atoms with E-state index in [1.54, 1.807) is 0 Å². The van der Waals surface area contributed by atoms with Crippen molar-refractivity contribution in [1.82, 2.24) is 0 Å². The van der Waals surface area contributed by atoms with E-state index in [1.807, 2.05) is 0 Å². The SMILES string of the molecule is N#[N+]c1ccc(OC(F)(F)F)cc1[N+](=O)[O-].[Cl-]. The van der Waals surface area contributed by atoms with Crippen LogP contribution in [0.5, 0.6) is 5.75 Å². The molecule has 0 unspecified atom stereocenters. The zero-order valence-corrected chi connectivity index (χ0v) is 8.57. The summed E-state index contributed by atoms with van der Waals surface area (Å²) in [7, 11) is 0. The second-order valence-electron chi connectivity index (χ2n) is 2.56. The molecule has 0 aromatic heterocycles. The number of ether oxygens (including phenoxy) is 1. The lowest BCUT2D eigenvalue weighted by Crippen LogP contribution is -3.00. The number of halogens is 4. The Balaban J connectivity index is 0.00000256. The Kier molecular flexibility index (Phi) is 4.66. The summed E-state index contributed by atoms with van der Waals surface area (Å²) >= 11 is 0. The minimum atomic E-state index is -4.94. The molecule has 92 valence electrons. The van der Waals surface area contributed by atoms with Crippen molar-refractivity contribution in [2.75, 3.05) is 0 Å². The van der Waals surface area contributed by atoms with Crippen molar-refractivity contribution >= 4 is 11.4 Å². The number of nitro benzene ring substituents is 1. The van der Waals surface area contributed by atoms with Gasteiger partial charge in [0.05, 0.1) is 11.0 Å². The van der Waals surface area contributed by atoms with E-state index >= 15 is 0 Å². The molecule has 10 heteroatoms. The fraction of sp³-hybridized carbons (Fsp3) is 0.143. The van der Waals surface area contributed by atoms with Crippen LogP contribution in [-0.2, 0) is 0 Å². The van der Waals surface area contributed by atoms with Crippen LogP contribution < -0.4 is 17.1 Å². The van der Waals surface area contributed by atoms with E-state index in [0.717, 1.165) is 12.1 Å². The van der Waals surface area contributed by atoms with Crippen molar-refractivity contribution in [3.63, 3.8) is 0 Å². The molecule has 0 spiro atoms. The molecule has 1 rings (SSSR count). The zero-order chi connectivity index (χ0) is 12.3. The van der Waals surface area contributed by atoms with Gasteiger partial charge < -0.3 is 17.1 Å². The molecule has 0 saturated carbocycles. The maximum absolute atomic E-state index is 11.8. The van der Waals surface area contributed by atoms with Crippen molar-refractivity contribution in [2.24, 2.45) is 0 Å². The van der Waals surface area contributed by atoms with E-state index in [-0.39, 0.29) is 12.4 Å². The van der Waals surface area contributed by atoms with Crippen LogP contribution in [0.2, 0.25) is 0 Å². The van der Waals surface area contributed by atoms with Crippen molar-refractivity contribution in [3.05, 3.63) is 33.3 Å². The van der Waals surface area contributed by atoms with Crippen LogP contribution >= 0.6 is 0 Å². The number of nitrogens with zero attached hydrogens (tertiary/aromatic N) is 3. The topological polar surface area (TPSA) is 80.5 Å². The fourth-order valence-corrected chi connectivity index (χ4v) is 0.931. The molecular weight excluding hydrogens is 267 g/mol. The predicted molar refractivity (Wildman–Crippen MR) is 44.5 cm³/mol. The summed E-state index contributed by atoms with van der Waals surface area (Å²) in [6.07, 6.45) is -4.94. The van der Waals surface area contributed by atoms with Crippen LogP contribution in [0.4, 0.5) is 24.5 Å². The number of diazo groups is 1. The first-order chi connectivity index (χ1) is 7.33. The second kappa shape index (κ2) is 5.31. The van der Waals surface area contributed by atoms with Crippen molar-refractivity contribution in [2.45, 2.75) is 6.36 Å². The normalized spacial score (nSPS) is 10.0. The molecule has 0 amide bonds. The number of nitro groups is 1. The van der Waals surface area contributed by atoms with Gasteiger partial charge in [-0.25, -0.2) is 0 Å². The lowest BCUT2D eigenvalue weighted by atomic mass is 10.2. The molecule has 6 nitrogen and oxygen atoms in total. The number of hydrogen-bond donors (Lipinski definition) is 0. The highest BCUT2D eigenvalue weighted by Gasteiger charge is 2.33. The standard InChI is InChI=1S/C7H3F3N3O3.ClH/c8-7(9,10)16-4-1-2-5(12-11)6(3-4)13(14)15;/h1-3H;1H/q+1;/p-1. The molecule has 0 bridgehead atoms. The summed E-state index contributed by atoms with van der Waals surface area (Å²) in [5.74, 6) is -0.758. The first-order valence-corrected chi connectivity index (χ1v) is 3.73. The fourth-order valence-electron chi connectivity index (χ4n) is 0.931. The molecular formula is C7H3ClF3N3O3. The molecule has 17 heavy (non-hydrogen) atoms. The molecule has 1 aromatic rings. The van der Waals surface area contributed by atoms with Gasteiger partial charge in [-0.3, -0.25) is 10.1 Å². The minimum Gasteiger partial charge on any atom is -1.00 e. The molecule has 0 saturated heterocycles. The Labute approximate surface area is 98.2 Å². The molecule has 0 aliphatic rings. The highest BCUT2D eigenvalue weighted by molar-refractivity contribution is 5.64. The first-order valence-electron chi connectivity index (χ1n) is 3.73. The Morgan fingerprint density at radius 1 is 1.41 bits per heavy atom. The third-order valence-corrected chi connectivity index (χ3v) is 1.48. The van der Waals surface area contributed by atoms with Gasteiger partial charge in [0.2, 0.25) is 5.39 Å². The third kappa shape index (κ3) is 4.12. The molecule has 0 fully saturated rings. The van der Waals surface area contributed by atoms with E-state index in [4.69, 9.17) is 5.39 Å². The summed E-state index contributed by atoms with van der Waals surface area (Å²) in [5.41, 5.74) is -1.25. The molecule has 0 heterocycles. The van der Waals surface area contributed by atoms with Gasteiger partial charge >= 0.3 is 17.7 Å². The third-order valence-electron chi connectivity index (χ3n) is 1.48. The minimum absolute atomic E-state index is 0. The highest BCUT2D eigenvalue weighted by Crippen LogP contribution is 2.33. The quantitative estimate of drug-likeness (QED) is 0.429. The smallest absolute Gasteiger partial charge is 0.573 e. The van der Waals surface area contributed by atoms with Gasteiger partial charge in [-0.1, -0.05) is 0 Å². The Hall–Kier alpha value is -2.08. The maximum atomic E-state index is 11.8. The number of benzene rings is 1. The monoisotopic (exact) mass is 269 g/mol. The van der Waals surface area contributed by atoms with E-state index in [2.05, 4.69) is 9.71 Å². The summed E-state index contributed by atoms with van der Waals surface area (Å²) in [5, 5.41) is 18.7. The highest BCUT2D eigenvalue weighted by atomic mass is 35.5. The van der Waals surface area contributed by atoms with Crippen LogP contribution in [0.15, 0.2) is 18.2 Å². The zero-order valence-electron chi connectivity index (χ0n) is 7.81. The van der Waals surface area contributed by atoms with Gasteiger partial charge in [0, 0.05) is 6.07 Å². The number of hydrogen-bond acceptors (Lipinski definition) is 4. The summed E-state index contributed by atoms with van der Waals surface area (Å²) in [6, 6.07) is 2.15. The van der Waals surface area contributed by atoms with Crippen LogP contribution in [0, 0.1) is 15.5 Å². The van der Waals surface area contributed by atoms with E-state index < -0.39 is 28.4 Å². The summed E-state index contributed by atoms with van der Waals surface area (Å²) in [6.45, 7) is 0. The summed E-state index contributed by atoms with van der Waals surface area (Å²) in [4.78, 5) is 12.0. The van der Waals surface area contributed by atoms with E-state index in [0.29, 0.717) is 6.07 Å². The van der Waals surface area contributed by atoms with Crippen molar-refractivity contribution in [3.8, 4) is 5.75 Å². The van der Waals surface area contributed by atoms with E-state index in [1.165, 1.54) is 0 Å². The lowest BCUT2D eigenvalue weighted by molar-refractivity contribution is -0.384. The Morgan fingerprint density at radius 3 is 2.41 bits per heavy atom. The Bertz CT molecular complexity index is 472. The summed E-state index contributed by atoms with van der Waals surface area (Å²) < 4.78 is 38.8. The largest absolute Gasteiger partial charge is 1.00 e. The van der Waals surface area contributed by atoms with Crippen LogP contribution in [-0.4, -0.2) is 11.3 Å². The molecule has 0 radical (unpaired) electrons. The predicted octanol–water partition coefficient (Wildman–Crippen LogP) is -0.0180. The molecule has 0 aliphatic carbocycles. The lowest BCUT2D eigenvalue weighted by Gasteiger charge is -2.07. The first kappa shape index (κ1) is 14.9.